The number of para-hydroxylation sites is 1. The highest BCUT2D eigenvalue weighted by atomic mass is 16.6. The second-order valence-electron chi connectivity index (χ2n) is 8.62. The summed E-state index contributed by atoms with van der Waals surface area (Å²) in [5, 5.41) is 1.21. The third-order valence-electron chi connectivity index (χ3n) is 6.26. The Morgan fingerprint density at radius 1 is 1.11 bits per heavy atom. The Kier molecular flexibility index (Phi) is 5.90. The minimum absolute atomic E-state index is 0.0430. The van der Waals surface area contributed by atoms with Crippen LogP contribution in [0.1, 0.15) is 51.0 Å². The lowest BCUT2D eigenvalue weighted by Gasteiger charge is -2.37. The molecule has 0 unspecified atom stereocenters. The monoisotopic (exact) mass is 384 g/mol. The molecular weight excluding hydrogens is 352 g/mol. The largest absolute Gasteiger partial charge is 0.464 e. The first kappa shape index (κ1) is 19.3. The summed E-state index contributed by atoms with van der Waals surface area (Å²) in [6.45, 7) is 8.92. The molecule has 0 atom stereocenters. The number of piperidine rings is 2. The molecule has 5 nitrogen and oxygen atoms in total. The minimum Gasteiger partial charge on any atom is -0.464 e. The molecule has 2 aromatic rings. The zero-order chi connectivity index (χ0) is 19.5. The van der Waals surface area contributed by atoms with Gasteiger partial charge in [0.15, 0.2) is 0 Å². The molecule has 0 radical (unpaired) electrons. The smallest absolute Gasteiger partial charge is 0.410 e. The first-order valence-electron chi connectivity index (χ1n) is 10.7. The highest BCUT2D eigenvalue weighted by Gasteiger charge is 2.28. The Balaban J connectivity index is 1.24. The van der Waals surface area contributed by atoms with Gasteiger partial charge in [-0.1, -0.05) is 18.2 Å². The first-order valence-corrected chi connectivity index (χ1v) is 10.7. The standard InChI is InChI=1S/C23H32N2O3/c1-17(2)28-23(26)25-13-6-18(7-14-25)16-24-11-8-19(9-12-24)21-5-3-4-20-10-15-27-22(20)21/h3-5,10,15,17-19H,6-9,11-14,16H2,1-2H3. The predicted molar refractivity (Wildman–Crippen MR) is 111 cm³/mol. The summed E-state index contributed by atoms with van der Waals surface area (Å²) in [4.78, 5) is 16.5. The van der Waals surface area contributed by atoms with Crippen LogP contribution in [-0.2, 0) is 4.74 Å². The van der Waals surface area contributed by atoms with E-state index in [0.717, 1.165) is 51.1 Å². The number of carbonyl (C=O) groups excluding carboxylic acids is 1. The van der Waals surface area contributed by atoms with Crippen LogP contribution in [0.15, 0.2) is 34.9 Å². The molecule has 3 heterocycles. The average molecular weight is 385 g/mol. The number of fused-ring (bicyclic) bond motifs is 1. The maximum Gasteiger partial charge on any atom is 0.410 e. The van der Waals surface area contributed by atoms with E-state index >= 15 is 0 Å². The Morgan fingerprint density at radius 2 is 1.86 bits per heavy atom. The maximum atomic E-state index is 12.0. The molecule has 2 aliphatic heterocycles. The molecule has 1 aromatic heterocycles. The van der Waals surface area contributed by atoms with Crippen molar-refractivity contribution >= 4 is 17.1 Å². The van der Waals surface area contributed by atoms with Gasteiger partial charge in [0.2, 0.25) is 0 Å². The molecule has 2 aliphatic rings. The molecule has 0 bridgehead atoms. The van der Waals surface area contributed by atoms with Crippen molar-refractivity contribution in [3.63, 3.8) is 0 Å². The van der Waals surface area contributed by atoms with E-state index in [1.807, 2.05) is 18.7 Å². The van der Waals surface area contributed by atoms with Crippen LogP contribution in [0.4, 0.5) is 4.79 Å². The van der Waals surface area contributed by atoms with E-state index in [0.29, 0.717) is 11.8 Å². The predicted octanol–water partition coefficient (Wildman–Crippen LogP) is 4.87. The van der Waals surface area contributed by atoms with Crippen LogP contribution in [0, 0.1) is 5.92 Å². The van der Waals surface area contributed by atoms with Crippen molar-refractivity contribution in [3.05, 3.63) is 36.1 Å². The Bertz CT molecular complexity index is 784. The average Bonchev–Trinajstić information content (AvgIpc) is 3.17. The SMILES string of the molecule is CC(C)OC(=O)N1CCC(CN2CCC(c3cccc4ccoc34)CC2)CC1. The van der Waals surface area contributed by atoms with Gasteiger partial charge in [-0.3, -0.25) is 0 Å². The van der Waals surface area contributed by atoms with Crippen LogP contribution < -0.4 is 0 Å². The number of benzene rings is 1. The third kappa shape index (κ3) is 4.35. The normalized spacial score (nSPS) is 20.2. The topological polar surface area (TPSA) is 45.9 Å². The summed E-state index contributed by atoms with van der Waals surface area (Å²) in [6.07, 6.45) is 6.16. The molecule has 0 aliphatic carbocycles. The second kappa shape index (κ2) is 8.56. The number of furan rings is 1. The van der Waals surface area contributed by atoms with Crippen LogP contribution in [0.2, 0.25) is 0 Å². The van der Waals surface area contributed by atoms with Gasteiger partial charge >= 0.3 is 6.09 Å². The Labute approximate surface area is 167 Å². The molecule has 5 heteroatoms. The van der Waals surface area contributed by atoms with Crippen LogP contribution in [0.25, 0.3) is 11.0 Å². The van der Waals surface area contributed by atoms with Crippen LogP contribution in [0.5, 0.6) is 0 Å². The van der Waals surface area contributed by atoms with Gasteiger partial charge in [0.25, 0.3) is 0 Å². The summed E-state index contributed by atoms with van der Waals surface area (Å²) in [7, 11) is 0. The quantitative estimate of drug-likeness (QED) is 0.754. The van der Waals surface area contributed by atoms with Crippen molar-refractivity contribution in [2.45, 2.75) is 51.6 Å². The number of ether oxygens (including phenoxy) is 1. The van der Waals surface area contributed by atoms with Gasteiger partial charge in [-0.2, -0.15) is 0 Å². The summed E-state index contributed by atoms with van der Waals surface area (Å²) in [5.74, 6) is 1.28. The number of hydrogen-bond acceptors (Lipinski definition) is 4. The Hall–Kier alpha value is -2.01. The van der Waals surface area contributed by atoms with Gasteiger partial charge in [0.1, 0.15) is 5.58 Å². The fraction of sp³-hybridized carbons (Fsp3) is 0.609. The lowest BCUT2D eigenvalue weighted by Crippen LogP contribution is -2.43. The van der Waals surface area contributed by atoms with E-state index in [2.05, 4.69) is 29.2 Å². The number of hydrogen-bond donors (Lipinski definition) is 0. The minimum atomic E-state index is -0.152. The number of amides is 1. The van der Waals surface area contributed by atoms with Crippen molar-refractivity contribution in [1.29, 1.82) is 0 Å². The van der Waals surface area contributed by atoms with E-state index < -0.39 is 0 Å². The molecule has 0 N–H and O–H groups in total. The first-order chi connectivity index (χ1) is 13.6. The van der Waals surface area contributed by atoms with Crippen molar-refractivity contribution in [3.8, 4) is 0 Å². The fourth-order valence-electron chi connectivity index (χ4n) is 4.70. The third-order valence-corrected chi connectivity index (χ3v) is 6.26. The van der Waals surface area contributed by atoms with Crippen molar-refractivity contribution < 1.29 is 13.9 Å². The molecular formula is C23H32N2O3. The van der Waals surface area contributed by atoms with Crippen molar-refractivity contribution in [1.82, 2.24) is 9.80 Å². The maximum absolute atomic E-state index is 12.0. The molecule has 2 fully saturated rings. The summed E-state index contributed by atoms with van der Waals surface area (Å²) in [5.41, 5.74) is 2.45. The summed E-state index contributed by atoms with van der Waals surface area (Å²) >= 11 is 0. The number of nitrogens with zero attached hydrogens (tertiary/aromatic N) is 2. The van der Waals surface area contributed by atoms with Crippen LogP contribution in [0.3, 0.4) is 0 Å². The van der Waals surface area contributed by atoms with Crippen LogP contribution in [-0.4, -0.2) is 54.7 Å². The summed E-state index contributed by atoms with van der Waals surface area (Å²) < 4.78 is 11.1. The van der Waals surface area contributed by atoms with Gasteiger partial charge in [-0.25, -0.2) is 4.79 Å². The molecule has 152 valence electrons. The molecule has 1 amide bonds. The lowest BCUT2D eigenvalue weighted by molar-refractivity contribution is 0.0604. The van der Waals surface area contributed by atoms with Crippen molar-refractivity contribution in [2.75, 3.05) is 32.7 Å². The van der Waals surface area contributed by atoms with E-state index in [-0.39, 0.29) is 12.2 Å². The number of likely N-dealkylation sites (tertiary alicyclic amines) is 2. The van der Waals surface area contributed by atoms with E-state index in [4.69, 9.17) is 9.15 Å². The second-order valence-corrected chi connectivity index (χ2v) is 8.62. The zero-order valence-corrected chi connectivity index (χ0v) is 17.1. The van der Waals surface area contributed by atoms with Crippen LogP contribution >= 0.6 is 0 Å². The van der Waals surface area contributed by atoms with E-state index in [1.54, 1.807) is 6.26 Å². The highest BCUT2D eigenvalue weighted by molar-refractivity contribution is 5.80. The van der Waals surface area contributed by atoms with Gasteiger partial charge in [-0.15, -0.1) is 0 Å². The van der Waals surface area contributed by atoms with Crippen molar-refractivity contribution in [2.24, 2.45) is 5.92 Å². The highest BCUT2D eigenvalue weighted by Crippen LogP contribution is 2.34. The molecule has 28 heavy (non-hydrogen) atoms. The fourth-order valence-corrected chi connectivity index (χ4v) is 4.70. The van der Waals surface area contributed by atoms with Gasteiger partial charge in [0, 0.05) is 25.0 Å². The number of carbonyl (C=O) groups is 1. The zero-order valence-electron chi connectivity index (χ0n) is 17.1. The van der Waals surface area contributed by atoms with Gasteiger partial charge < -0.3 is 19.0 Å². The molecule has 2 saturated heterocycles. The molecule has 1 aromatic carbocycles. The molecule has 0 spiro atoms. The van der Waals surface area contributed by atoms with Gasteiger partial charge in [-0.05, 0) is 76.1 Å². The lowest BCUT2D eigenvalue weighted by atomic mass is 9.87. The van der Waals surface area contributed by atoms with E-state index in [1.165, 1.54) is 23.8 Å². The Morgan fingerprint density at radius 3 is 2.57 bits per heavy atom. The molecule has 0 saturated carbocycles. The van der Waals surface area contributed by atoms with E-state index in [9.17, 15) is 4.79 Å². The van der Waals surface area contributed by atoms with Gasteiger partial charge in [0.05, 0.1) is 12.4 Å². The summed E-state index contributed by atoms with van der Waals surface area (Å²) in [6, 6.07) is 8.56. The number of rotatable bonds is 4. The molecule has 4 rings (SSSR count).